The highest BCUT2D eigenvalue weighted by Gasteiger charge is 2.28. The molecule has 2 heterocycles. The molecule has 1 saturated heterocycles. The van der Waals surface area contributed by atoms with Crippen LogP contribution < -0.4 is 5.56 Å². The third-order valence-corrected chi connectivity index (χ3v) is 3.21. The van der Waals surface area contributed by atoms with Crippen LogP contribution >= 0.6 is 0 Å². The first-order valence-corrected chi connectivity index (χ1v) is 6.04. The Morgan fingerprint density at radius 2 is 2.05 bits per heavy atom. The largest absolute Gasteiger partial charge is 0.469 e. The van der Waals surface area contributed by atoms with E-state index in [1.54, 1.807) is 4.90 Å². The molecule has 0 unspecified atom stereocenters. The summed E-state index contributed by atoms with van der Waals surface area (Å²) in [6.07, 6.45) is 1.17. The molecule has 1 aromatic heterocycles. The fraction of sp³-hybridized carbons (Fsp3) is 0.500. The molecule has 19 heavy (non-hydrogen) atoms. The van der Waals surface area contributed by atoms with Crippen molar-refractivity contribution in [1.29, 1.82) is 0 Å². The molecule has 0 bridgehead atoms. The number of esters is 1. The smallest absolute Gasteiger partial charge is 0.308 e. The molecule has 7 heteroatoms. The van der Waals surface area contributed by atoms with Gasteiger partial charge in [0.2, 0.25) is 0 Å². The summed E-state index contributed by atoms with van der Waals surface area (Å²) >= 11 is 0. The number of nitrogens with one attached hydrogen (secondary N) is 1. The Balaban J connectivity index is 1.98. The Labute approximate surface area is 109 Å². The second-order valence-corrected chi connectivity index (χ2v) is 4.40. The van der Waals surface area contributed by atoms with Gasteiger partial charge in [-0.05, 0) is 18.9 Å². The van der Waals surface area contributed by atoms with E-state index in [0.29, 0.717) is 25.9 Å². The predicted molar refractivity (Wildman–Crippen MR) is 65.5 cm³/mol. The summed E-state index contributed by atoms with van der Waals surface area (Å²) in [5, 5.41) is 5.93. The third kappa shape index (κ3) is 2.98. The maximum Gasteiger partial charge on any atom is 0.308 e. The molecule has 0 saturated carbocycles. The number of rotatable bonds is 2. The van der Waals surface area contributed by atoms with E-state index in [9.17, 15) is 14.4 Å². The van der Waals surface area contributed by atoms with Gasteiger partial charge in [0.25, 0.3) is 11.5 Å². The Hall–Kier alpha value is -2.18. The van der Waals surface area contributed by atoms with Crippen LogP contribution in [-0.4, -0.2) is 47.2 Å². The van der Waals surface area contributed by atoms with Crippen molar-refractivity contribution in [2.24, 2.45) is 5.92 Å². The van der Waals surface area contributed by atoms with E-state index in [-0.39, 0.29) is 29.0 Å². The lowest BCUT2D eigenvalue weighted by Crippen LogP contribution is -2.41. The van der Waals surface area contributed by atoms with E-state index in [1.807, 2.05) is 0 Å². The second-order valence-electron chi connectivity index (χ2n) is 4.40. The molecule has 1 aliphatic rings. The minimum atomic E-state index is -0.346. The number of H-pyrrole nitrogens is 1. The zero-order valence-electron chi connectivity index (χ0n) is 10.6. The van der Waals surface area contributed by atoms with Crippen LogP contribution in [0.4, 0.5) is 0 Å². The Kier molecular flexibility index (Phi) is 3.94. The third-order valence-electron chi connectivity index (χ3n) is 3.21. The van der Waals surface area contributed by atoms with Crippen molar-refractivity contribution >= 4 is 11.9 Å². The standard InChI is InChI=1S/C12H15N3O4/c1-19-12(18)8-4-6-15(7-5-8)11(17)9-2-3-10(16)14-13-9/h2-3,8H,4-7H2,1H3,(H,14,16). The molecule has 2 rings (SSSR count). The molecule has 0 atom stereocenters. The van der Waals surface area contributed by atoms with Gasteiger partial charge >= 0.3 is 5.97 Å². The zero-order valence-corrected chi connectivity index (χ0v) is 10.6. The monoisotopic (exact) mass is 265 g/mol. The highest BCUT2D eigenvalue weighted by atomic mass is 16.5. The molecule has 0 radical (unpaired) electrons. The van der Waals surface area contributed by atoms with Crippen LogP contribution in [0.25, 0.3) is 0 Å². The van der Waals surface area contributed by atoms with Crippen molar-refractivity contribution in [3.8, 4) is 0 Å². The topological polar surface area (TPSA) is 92.4 Å². The van der Waals surface area contributed by atoms with Crippen molar-refractivity contribution in [1.82, 2.24) is 15.1 Å². The van der Waals surface area contributed by atoms with Crippen LogP contribution in [0.3, 0.4) is 0 Å². The van der Waals surface area contributed by atoms with E-state index in [2.05, 4.69) is 14.9 Å². The van der Waals surface area contributed by atoms with Gasteiger partial charge in [-0.2, -0.15) is 5.10 Å². The van der Waals surface area contributed by atoms with Gasteiger partial charge in [-0.15, -0.1) is 0 Å². The first-order chi connectivity index (χ1) is 9.11. The molecule has 1 N–H and O–H groups in total. The van der Waals surface area contributed by atoms with E-state index < -0.39 is 0 Å². The summed E-state index contributed by atoms with van der Waals surface area (Å²) in [7, 11) is 1.37. The predicted octanol–water partition coefficient (Wildman–Crippen LogP) is -0.205. The molecular formula is C12H15N3O4. The van der Waals surface area contributed by atoms with Crippen LogP contribution in [0.5, 0.6) is 0 Å². The number of carbonyl (C=O) groups excluding carboxylic acids is 2. The minimum absolute atomic E-state index is 0.141. The van der Waals surface area contributed by atoms with Crippen molar-refractivity contribution in [3.63, 3.8) is 0 Å². The highest BCUT2D eigenvalue weighted by molar-refractivity contribution is 5.92. The fourth-order valence-corrected chi connectivity index (χ4v) is 2.11. The molecule has 1 amide bonds. The van der Waals surface area contributed by atoms with E-state index in [4.69, 9.17) is 0 Å². The first kappa shape index (κ1) is 13.3. The van der Waals surface area contributed by atoms with Crippen molar-refractivity contribution < 1.29 is 14.3 Å². The average molecular weight is 265 g/mol. The number of ether oxygens (including phenoxy) is 1. The molecular weight excluding hydrogens is 250 g/mol. The molecule has 1 aromatic rings. The zero-order chi connectivity index (χ0) is 13.8. The molecule has 102 valence electrons. The fourth-order valence-electron chi connectivity index (χ4n) is 2.11. The lowest BCUT2D eigenvalue weighted by molar-refractivity contribution is -0.146. The van der Waals surface area contributed by atoms with Crippen LogP contribution in [-0.2, 0) is 9.53 Å². The summed E-state index contributed by atoms with van der Waals surface area (Å²) in [5.41, 5.74) is -0.142. The molecule has 0 aliphatic carbocycles. The Bertz CT molecular complexity index is 512. The van der Waals surface area contributed by atoms with Crippen LogP contribution in [0.2, 0.25) is 0 Å². The summed E-state index contributed by atoms with van der Waals surface area (Å²) in [6.45, 7) is 0.971. The van der Waals surface area contributed by atoms with Gasteiger partial charge in [0.05, 0.1) is 13.0 Å². The number of aromatic nitrogens is 2. The first-order valence-electron chi connectivity index (χ1n) is 6.04. The summed E-state index contributed by atoms with van der Waals surface area (Å²) in [4.78, 5) is 36.0. The minimum Gasteiger partial charge on any atom is -0.469 e. The normalized spacial score (nSPS) is 16.2. The van der Waals surface area contributed by atoms with Gasteiger partial charge < -0.3 is 9.64 Å². The summed E-state index contributed by atoms with van der Waals surface area (Å²) in [5.74, 6) is -0.605. The Morgan fingerprint density at radius 3 is 2.58 bits per heavy atom. The number of likely N-dealkylation sites (tertiary alicyclic amines) is 1. The number of hydrogen-bond acceptors (Lipinski definition) is 5. The average Bonchev–Trinajstić information content (AvgIpc) is 2.46. The second kappa shape index (κ2) is 5.64. The number of piperidine rings is 1. The quantitative estimate of drug-likeness (QED) is 0.747. The van der Waals surface area contributed by atoms with Gasteiger partial charge in [-0.25, -0.2) is 5.10 Å². The van der Waals surface area contributed by atoms with Crippen molar-refractivity contribution in [3.05, 3.63) is 28.2 Å². The number of amides is 1. The molecule has 1 aliphatic heterocycles. The molecule has 0 spiro atoms. The van der Waals surface area contributed by atoms with Gasteiger partial charge in [-0.1, -0.05) is 0 Å². The van der Waals surface area contributed by atoms with E-state index in [1.165, 1.54) is 19.2 Å². The van der Waals surface area contributed by atoms with Gasteiger partial charge in [0.15, 0.2) is 0 Å². The number of methoxy groups -OCH3 is 1. The number of carbonyl (C=O) groups is 2. The van der Waals surface area contributed by atoms with Gasteiger partial charge in [0, 0.05) is 19.2 Å². The maximum absolute atomic E-state index is 12.1. The highest BCUT2D eigenvalue weighted by Crippen LogP contribution is 2.19. The summed E-state index contributed by atoms with van der Waals surface area (Å²) < 4.78 is 4.69. The van der Waals surface area contributed by atoms with E-state index >= 15 is 0 Å². The van der Waals surface area contributed by atoms with Crippen LogP contribution in [0.1, 0.15) is 23.3 Å². The number of hydrogen-bond donors (Lipinski definition) is 1. The van der Waals surface area contributed by atoms with E-state index in [0.717, 1.165) is 0 Å². The van der Waals surface area contributed by atoms with Crippen molar-refractivity contribution in [2.75, 3.05) is 20.2 Å². The number of nitrogens with zero attached hydrogens (tertiary/aromatic N) is 2. The molecule has 7 nitrogen and oxygen atoms in total. The maximum atomic E-state index is 12.1. The Morgan fingerprint density at radius 1 is 1.37 bits per heavy atom. The SMILES string of the molecule is COC(=O)C1CCN(C(=O)c2ccc(=O)[nH]n2)CC1. The van der Waals surface area contributed by atoms with Gasteiger partial charge in [0.1, 0.15) is 5.69 Å². The summed E-state index contributed by atoms with van der Waals surface area (Å²) in [6, 6.07) is 2.66. The lowest BCUT2D eigenvalue weighted by atomic mass is 9.97. The van der Waals surface area contributed by atoms with Crippen LogP contribution in [0, 0.1) is 5.92 Å². The van der Waals surface area contributed by atoms with Gasteiger partial charge in [-0.3, -0.25) is 14.4 Å². The number of aromatic amines is 1. The van der Waals surface area contributed by atoms with Crippen LogP contribution in [0.15, 0.2) is 16.9 Å². The molecule has 1 fully saturated rings. The lowest BCUT2D eigenvalue weighted by Gasteiger charge is -2.30. The molecule has 0 aromatic carbocycles. The van der Waals surface area contributed by atoms with Crippen molar-refractivity contribution in [2.45, 2.75) is 12.8 Å².